The largest absolute Gasteiger partial charge is 0.508 e. The molecule has 1 aromatic carbocycles. The number of esters is 1. The molecule has 0 saturated carbocycles. The van der Waals surface area contributed by atoms with Crippen LogP contribution in [0.15, 0.2) is 42.7 Å². The molecule has 1 N–H and O–H groups in total. The molecular weight excluding hydrogens is 192 g/mol. The fraction of sp³-hybridized carbons (Fsp3) is 0.0833. The van der Waals surface area contributed by atoms with E-state index in [0.29, 0.717) is 5.57 Å². The Kier molecular flexibility index (Phi) is 3.68. The molecule has 0 heterocycles. The highest BCUT2D eigenvalue weighted by molar-refractivity contribution is 5.87. The first-order chi connectivity index (χ1) is 7.09. The molecule has 0 aliphatic carbocycles. The van der Waals surface area contributed by atoms with Gasteiger partial charge in [0, 0.05) is 5.57 Å². The molecule has 15 heavy (non-hydrogen) atoms. The Morgan fingerprint density at radius 3 is 2.53 bits per heavy atom. The summed E-state index contributed by atoms with van der Waals surface area (Å²) in [4.78, 5) is 11.0. The van der Waals surface area contributed by atoms with E-state index in [0.717, 1.165) is 5.56 Å². The number of carbonyl (C=O) groups is 1. The molecule has 0 saturated heterocycles. The van der Waals surface area contributed by atoms with Crippen LogP contribution in [0.5, 0.6) is 5.75 Å². The van der Waals surface area contributed by atoms with Gasteiger partial charge in [-0.3, -0.25) is 0 Å². The molecule has 0 aromatic heterocycles. The van der Waals surface area contributed by atoms with Crippen molar-refractivity contribution < 1.29 is 14.6 Å². The summed E-state index contributed by atoms with van der Waals surface area (Å²) in [6.45, 7) is 5.03. The smallest absolute Gasteiger partial charge is 0.337 e. The van der Waals surface area contributed by atoms with Crippen LogP contribution in [-0.2, 0) is 9.53 Å². The molecule has 0 spiro atoms. The lowest BCUT2D eigenvalue weighted by molar-refractivity contribution is -0.133. The standard InChI is InChI=1S/C12H12O3/c1-9(2)12(14)15-8-7-10-3-5-11(13)6-4-10/h3-8,13H,1H2,2H3/b8-7+. The molecular formula is C12H12O3. The first kappa shape index (κ1) is 11.0. The van der Waals surface area contributed by atoms with E-state index in [1.54, 1.807) is 37.3 Å². The number of benzene rings is 1. The van der Waals surface area contributed by atoms with Gasteiger partial charge < -0.3 is 9.84 Å². The second-order valence-corrected chi connectivity index (χ2v) is 3.08. The first-order valence-electron chi connectivity index (χ1n) is 4.41. The molecule has 0 aliphatic heterocycles. The maximum atomic E-state index is 11.0. The summed E-state index contributed by atoms with van der Waals surface area (Å²) in [6.07, 6.45) is 2.92. The quantitative estimate of drug-likeness (QED) is 0.467. The van der Waals surface area contributed by atoms with Crippen LogP contribution in [0, 0.1) is 0 Å². The second kappa shape index (κ2) is 5.00. The van der Waals surface area contributed by atoms with Crippen LogP contribution < -0.4 is 0 Å². The maximum absolute atomic E-state index is 11.0. The van der Waals surface area contributed by atoms with Crippen LogP contribution in [-0.4, -0.2) is 11.1 Å². The summed E-state index contributed by atoms with van der Waals surface area (Å²) in [7, 11) is 0. The summed E-state index contributed by atoms with van der Waals surface area (Å²) in [6, 6.07) is 6.53. The first-order valence-corrected chi connectivity index (χ1v) is 4.41. The summed E-state index contributed by atoms with van der Waals surface area (Å²) >= 11 is 0. The zero-order valence-corrected chi connectivity index (χ0v) is 8.43. The zero-order chi connectivity index (χ0) is 11.3. The number of ether oxygens (including phenoxy) is 1. The van der Waals surface area contributed by atoms with E-state index in [-0.39, 0.29) is 5.75 Å². The zero-order valence-electron chi connectivity index (χ0n) is 8.43. The number of hydrogen-bond acceptors (Lipinski definition) is 3. The van der Waals surface area contributed by atoms with Gasteiger partial charge in [-0.25, -0.2) is 4.79 Å². The van der Waals surface area contributed by atoms with Gasteiger partial charge in [-0.15, -0.1) is 0 Å². The number of carbonyl (C=O) groups excluding carboxylic acids is 1. The monoisotopic (exact) mass is 204 g/mol. The van der Waals surface area contributed by atoms with Crippen LogP contribution in [0.3, 0.4) is 0 Å². The van der Waals surface area contributed by atoms with Crippen molar-refractivity contribution in [2.45, 2.75) is 6.92 Å². The van der Waals surface area contributed by atoms with Crippen molar-refractivity contribution in [2.24, 2.45) is 0 Å². The number of aromatic hydroxyl groups is 1. The van der Waals surface area contributed by atoms with E-state index < -0.39 is 5.97 Å². The van der Waals surface area contributed by atoms with E-state index in [1.165, 1.54) is 6.26 Å². The van der Waals surface area contributed by atoms with Gasteiger partial charge in [-0.2, -0.15) is 0 Å². The van der Waals surface area contributed by atoms with Crippen molar-refractivity contribution in [2.75, 3.05) is 0 Å². The summed E-state index contributed by atoms with van der Waals surface area (Å²) < 4.78 is 4.76. The molecule has 0 fully saturated rings. The third-order valence-electron chi connectivity index (χ3n) is 1.68. The molecule has 78 valence electrons. The molecule has 0 radical (unpaired) electrons. The minimum absolute atomic E-state index is 0.200. The highest BCUT2D eigenvalue weighted by Crippen LogP contribution is 2.10. The number of hydrogen-bond donors (Lipinski definition) is 1. The Labute approximate surface area is 88.3 Å². The second-order valence-electron chi connectivity index (χ2n) is 3.08. The fourth-order valence-corrected chi connectivity index (χ4v) is 0.860. The summed E-state index contributed by atoms with van der Waals surface area (Å²) in [5, 5.41) is 9.02. The van der Waals surface area contributed by atoms with Gasteiger partial charge in [0.15, 0.2) is 0 Å². The fourth-order valence-electron chi connectivity index (χ4n) is 0.860. The third kappa shape index (κ3) is 3.68. The number of rotatable bonds is 3. The van der Waals surface area contributed by atoms with Crippen LogP contribution >= 0.6 is 0 Å². The van der Waals surface area contributed by atoms with Gasteiger partial charge in [0.2, 0.25) is 0 Å². The van der Waals surface area contributed by atoms with Crippen LogP contribution in [0.4, 0.5) is 0 Å². The van der Waals surface area contributed by atoms with E-state index in [2.05, 4.69) is 6.58 Å². The Bertz CT molecular complexity index is 388. The normalized spacial score (nSPS) is 10.2. The van der Waals surface area contributed by atoms with E-state index in [1.807, 2.05) is 0 Å². The lowest BCUT2D eigenvalue weighted by Crippen LogP contribution is -1.98. The molecule has 0 amide bonds. The van der Waals surface area contributed by atoms with Crippen molar-refractivity contribution in [1.29, 1.82) is 0 Å². The van der Waals surface area contributed by atoms with Crippen molar-refractivity contribution in [1.82, 2.24) is 0 Å². The van der Waals surface area contributed by atoms with Crippen LogP contribution in [0.2, 0.25) is 0 Å². The molecule has 1 aromatic rings. The minimum Gasteiger partial charge on any atom is -0.508 e. The van der Waals surface area contributed by atoms with Crippen LogP contribution in [0.25, 0.3) is 6.08 Å². The third-order valence-corrected chi connectivity index (χ3v) is 1.68. The van der Waals surface area contributed by atoms with Gasteiger partial charge >= 0.3 is 5.97 Å². The molecule has 0 unspecified atom stereocenters. The minimum atomic E-state index is -0.454. The molecule has 3 heteroatoms. The summed E-state index contributed by atoms with van der Waals surface area (Å²) in [5.74, 6) is -0.254. The molecule has 1 rings (SSSR count). The molecule has 0 bridgehead atoms. The molecule has 3 nitrogen and oxygen atoms in total. The Morgan fingerprint density at radius 1 is 1.40 bits per heavy atom. The van der Waals surface area contributed by atoms with Gasteiger partial charge in [-0.05, 0) is 30.7 Å². The van der Waals surface area contributed by atoms with Crippen molar-refractivity contribution in [3.05, 3.63) is 48.2 Å². The highest BCUT2D eigenvalue weighted by Gasteiger charge is 1.98. The predicted molar refractivity (Wildman–Crippen MR) is 58.0 cm³/mol. The van der Waals surface area contributed by atoms with Gasteiger partial charge in [0.25, 0.3) is 0 Å². The van der Waals surface area contributed by atoms with Gasteiger partial charge in [0.05, 0.1) is 6.26 Å². The van der Waals surface area contributed by atoms with Crippen molar-refractivity contribution in [3.8, 4) is 5.75 Å². The van der Waals surface area contributed by atoms with Crippen molar-refractivity contribution >= 4 is 12.0 Å². The van der Waals surface area contributed by atoms with Crippen molar-refractivity contribution in [3.63, 3.8) is 0 Å². The van der Waals surface area contributed by atoms with Gasteiger partial charge in [-0.1, -0.05) is 18.7 Å². The van der Waals surface area contributed by atoms with Crippen LogP contribution in [0.1, 0.15) is 12.5 Å². The average Bonchev–Trinajstić information content (AvgIpc) is 2.20. The van der Waals surface area contributed by atoms with E-state index in [9.17, 15) is 4.79 Å². The predicted octanol–water partition coefficient (Wildman–Crippen LogP) is 2.48. The topological polar surface area (TPSA) is 46.5 Å². The maximum Gasteiger partial charge on any atom is 0.337 e. The molecule has 0 atom stereocenters. The lowest BCUT2D eigenvalue weighted by atomic mass is 10.2. The van der Waals surface area contributed by atoms with E-state index in [4.69, 9.17) is 9.84 Å². The lowest BCUT2D eigenvalue weighted by Gasteiger charge is -1.97. The number of phenols is 1. The SMILES string of the molecule is C=C(C)C(=O)O/C=C/c1ccc(O)cc1. The molecule has 0 aliphatic rings. The van der Waals surface area contributed by atoms with Gasteiger partial charge in [0.1, 0.15) is 5.75 Å². The Morgan fingerprint density at radius 2 is 2.00 bits per heavy atom. The number of phenolic OH excluding ortho intramolecular Hbond substituents is 1. The Balaban J connectivity index is 2.55. The highest BCUT2D eigenvalue weighted by atomic mass is 16.5. The average molecular weight is 204 g/mol. The Hall–Kier alpha value is -2.03. The van der Waals surface area contributed by atoms with E-state index >= 15 is 0 Å². The summed E-state index contributed by atoms with van der Waals surface area (Å²) in [5.41, 5.74) is 1.19.